The molecule has 0 bridgehead atoms. The Bertz CT molecular complexity index is 878. The molecule has 0 unspecified atom stereocenters. The summed E-state index contributed by atoms with van der Waals surface area (Å²) in [5.74, 6) is 0.865. The molecule has 0 spiro atoms. The zero-order chi connectivity index (χ0) is 19.4. The smallest absolute Gasteiger partial charge is 0.293 e. The van der Waals surface area contributed by atoms with Gasteiger partial charge < -0.3 is 4.74 Å². The van der Waals surface area contributed by atoms with E-state index in [0.29, 0.717) is 10.8 Å². The number of ether oxygens (including phenoxy) is 1. The number of rotatable bonds is 6. The average Bonchev–Trinajstić information content (AvgIpc) is 2.90. The largest absolute Gasteiger partial charge is 0.491 e. The second-order valence-electron chi connectivity index (χ2n) is 6.66. The van der Waals surface area contributed by atoms with Gasteiger partial charge in [0, 0.05) is 12.4 Å². The summed E-state index contributed by atoms with van der Waals surface area (Å²) >= 11 is 0.956. The van der Waals surface area contributed by atoms with Gasteiger partial charge in [0.05, 0.1) is 11.4 Å². The van der Waals surface area contributed by atoms with E-state index < -0.39 is 0 Å². The third kappa shape index (κ3) is 4.57. The lowest BCUT2D eigenvalue weighted by Crippen LogP contribution is -2.32. The van der Waals surface area contributed by atoms with Crippen LogP contribution in [-0.4, -0.2) is 34.2 Å². The van der Waals surface area contributed by atoms with Crippen molar-refractivity contribution in [3.63, 3.8) is 0 Å². The number of imide groups is 1. The van der Waals surface area contributed by atoms with Crippen LogP contribution in [0.5, 0.6) is 5.75 Å². The topological polar surface area (TPSA) is 59.5 Å². The van der Waals surface area contributed by atoms with E-state index in [0.717, 1.165) is 34.2 Å². The molecule has 27 heavy (non-hydrogen) atoms. The predicted octanol–water partition coefficient (Wildman–Crippen LogP) is 4.63. The molecule has 1 aromatic carbocycles. The lowest BCUT2D eigenvalue weighted by molar-refractivity contribution is -0.123. The first kappa shape index (κ1) is 19.2. The minimum absolute atomic E-state index is 0.226. The van der Waals surface area contributed by atoms with E-state index in [9.17, 15) is 9.59 Å². The molecule has 140 valence electrons. The van der Waals surface area contributed by atoms with Crippen LogP contribution < -0.4 is 4.74 Å². The number of benzene rings is 1. The number of thioether (sulfide) groups is 1. The van der Waals surface area contributed by atoms with Gasteiger partial charge in [0.15, 0.2) is 0 Å². The van der Waals surface area contributed by atoms with Crippen molar-refractivity contribution in [3.05, 3.63) is 64.3 Å². The molecule has 1 aliphatic heterocycles. The summed E-state index contributed by atoms with van der Waals surface area (Å²) in [6, 6.07) is 9.70. The van der Waals surface area contributed by atoms with Crippen LogP contribution in [0.25, 0.3) is 6.08 Å². The minimum atomic E-state index is -0.279. The van der Waals surface area contributed by atoms with Crippen molar-refractivity contribution in [2.24, 2.45) is 0 Å². The Balaban J connectivity index is 1.65. The number of nitrogens with zero attached hydrogens (tertiary/aromatic N) is 2. The van der Waals surface area contributed by atoms with Crippen molar-refractivity contribution in [3.8, 4) is 5.75 Å². The fourth-order valence-corrected chi connectivity index (χ4v) is 3.66. The van der Waals surface area contributed by atoms with E-state index in [-0.39, 0.29) is 24.3 Å². The Morgan fingerprint density at radius 2 is 1.93 bits per heavy atom. The monoisotopic (exact) mass is 382 g/mol. The molecule has 2 heterocycles. The Hall–Kier alpha value is -2.60. The SMILES string of the molecule is Cc1ccc(C(C)C)c(OCCN2C(=O)S/C(=C\c3ccncc3)C2=O)c1. The molecule has 1 aromatic heterocycles. The highest BCUT2D eigenvalue weighted by Crippen LogP contribution is 2.32. The summed E-state index contributed by atoms with van der Waals surface area (Å²) < 4.78 is 5.91. The summed E-state index contributed by atoms with van der Waals surface area (Å²) in [5, 5.41) is -0.266. The molecule has 1 fully saturated rings. The summed E-state index contributed by atoms with van der Waals surface area (Å²) in [4.78, 5) is 30.4. The van der Waals surface area contributed by atoms with Crippen molar-refractivity contribution in [1.82, 2.24) is 9.88 Å². The molecule has 0 N–H and O–H groups in total. The number of amides is 2. The number of hydrogen-bond acceptors (Lipinski definition) is 5. The van der Waals surface area contributed by atoms with Gasteiger partial charge in [0.2, 0.25) is 0 Å². The average molecular weight is 382 g/mol. The number of carbonyl (C=O) groups is 2. The number of carbonyl (C=O) groups excluding carboxylic acids is 2. The molecule has 0 atom stereocenters. The van der Waals surface area contributed by atoms with E-state index in [1.165, 1.54) is 4.90 Å². The van der Waals surface area contributed by atoms with Crippen LogP contribution >= 0.6 is 11.8 Å². The second kappa shape index (κ2) is 8.39. The van der Waals surface area contributed by atoms with Gasteiger partial charge in [-0.05, 0) is 65.6 Å². The first-order valence-electron chi connectivity index (χ1n) is 8.84. The third-order valence-corrected chi connectivity index (χ3v) is 5.15. The highest BCUT2D eigenvalue weighted by atomic mass is 32.2. The van der Waals surface area contributed by atoms with Crippen LogP contribution in [0, 0.1) is 6.92 Å². The van der Waals surface area contributed by atoms with E-state index in [2.05, 4.69) is 31.0 Å². The van der Waals surface area contributed by atoms with Gasteiger partial charge in [-0.2, -0.15) is 0 Å². The normalized spacial score (nSPS) is 15.9. The van der Waals surface area contributed by atoms with Gasteiger partial charge in [-0.25, -0.2) is 0 Å². The molecule has 6 heteroatoms. The number of aryl methyl sites for hydroxylation is 1. The van der Waals surface area contributed by atoms with Gasteiger partial charge >= 0.3 is 0 Å². The maximum absolute atomic E-state index is 12.5. The van der Waals surface area contributed by atoms with Crippen molar-refractivity contribution in [1.29, 1.82) is 0 Å². The van der Waals surface area contributed by atoms with Gasteiger partial charge in [0.1, 0.15) is 12.4 Å². The molecule has 0 aliphatic carbocycles. The van der Waals surface area contributed by atoms with Crippen molar-refractivity contribution in [2.45, 2.75) is 26.7 Å². The van der Waals surface area contributed by atoms with Crippen LogP contribution in [0.3, 0.4) is 0 Å². The van der Waals surface area contributed by atoms with Crippen LogP contribution in [-0.2, 0) is 4.79 Å². The first-order chi connectivity index (χ1) is 13.0. The molecule has 0 radical (unpaired) electrons. The molecule has 2 amide bonds. The van der Waals surface area contributed by atoms with Crippen molar-refractivity contribution >= 4 is 29.0 Å². The zero-order valence-electron chi connectivity index (χ0n) is 15.6. The van der Waals surface area contributed by atoms with Crippen molar-refractivity contribution in [2.75, 3.05) is 13.2 Å². The van der Waals surface area contributed by atoms with E-state index in [1.807, 2.05) is 13.0 Å². The van der Waals surface area contributed by atoms with E-state index >= 15 is 0 Å². The van der Waals surface area contributed by atoms with Gasteiger partial charge in [-0.1, -0.05) is 26.0 Å². The fourth-order valence-electron chi connectivity index (χ4n) is 2.79. The zero-order valence-corrected chi connectivity index (χ0v) is 16.5. The molecule has 0 saturated carbocycles. The van der Waals surface area contributed by atoms with Gasteiger partial charge in [0.25, 0.3) is 11.1 Å². The molecule has 3 rings (SSSR count). The Kier molecular flexibility index (Phi) is 5.96. The summed E-state index contributed by atoms with van der Waals surface area (Å²) in [7, 11) is 0. The first-order valence-corrected chi connectivity index (χ1v) is 9.66. The quantitative estimate of drug-likeness (QED) is 0.682. The van der Waals surface area contributed by atoms with E-state index in [1.54, 1.807) is 30.6 Å². The third-order valence-electron chi connectivity index (χ3n) is 4.24. The Labute approximate surface area is 163 Å². The van der Waals surface area contributed by atoms with Crippen LogP contribution in [0.1, 0.15) is 36.5 Å². The maximum Gasteiger partial charge on any atom is 0.293 e. The van der Waals surface area contributed by atoms with Crippen LogP contribution in [0.4, 0.5) is 4.79 Å². The molecule has 1 aliphatic rings. The number of pyridine rings is 1. The fraction of sp³-hybridized carbons (Fsp3) is 0.286. The van der Waals surface area contributed by atoms with Crippen LogP contribution in [0.2, 0.25) is 0 Å². The molecule has 1 saturated heterocycles. The number of aromatic nitrogens is 1. The Morgan fingerprint density at radius 1 is 1.19 bits per heavy atom. The molecular weight excluding hydrogens is 360 g/mol. The lowest BCUT2D eigenvalue weighted by Gasteiger charge is -2.17. The minimum Gasteiger partial charge on any atom is -0.491 e. The standard InChI is InChI=1S/C21H22N2O3S/c1-14(2)17-5-4-15(3)12-18(17)26-11-10-23-20(24)19(27-21(23)25)13-16-6-8-22-9-7-16/h4-9,12-14H,10-11H2,1-3H3/b19-13-. The van der Waals surface area contributed by atoms with Crippen molar-refractivity contribution < 1.29 is 14.3 Å². The van der Waals surface area contributed by atoms with Crippen LogP contribution in [0.15, 0.2) is 47.6 Å². The molecule has 2 aromatic rings. The maximum atomic E-state index is 12.5. The van der Waals surface area contributed by atoms with Gasteiger partial charge in [-0.15, -0.1) is 0 Å². The molecular formula is C21H22N2O3S. The second-order valence-corrected chi connectivity index (χ2v) is 7.65. The molecule has 5 nitrogen and oxygen atoms in total. The highest BCUT2D eigenvalue weighted by molar-refractivity contribution is 8.18. The summed E-state index contributed by atoms with van der Waals surface area (Å²) in [6.45, 7) is 6.72. The number of hydrogen-bond donors (Lipinski definition) is 0. The van der Waals surface area contributed by atoms with E-state index in [4.69, 9.17) is 4.74 Å². The predicted molar refractivity (Wildman–Crippen MR) is 108 cm³/mol. The summed E-state index contributed by atoms with van der Waals surface area (Å²) in [6.07, 6.45) is 5.01. The summed E-state index contributed by atoms with van der Waals surface area (Å²) in [5.41, 5.74) is 3.07. The Morgan fingerprint density at radius 3 is 2.63 bits per heavy atom. The van der Waals surface area contributed by atoms with Gasteiger partial charge in [-0.3, -0.25) is 19.5 Å². The lowest BCUT2D eigenvalue weighted by atomic mass is 10.0. The highest BCUT2D eigenvalue weighted by Gasteiger charge is 2.34.